The second-order valence-electron chi connectivity index (χ2n) is 12.2. The molecule has 0 radical (unpaired) electrons. The van der Waals surface area contributed by atoms with E-state index in [9.17, 15) is 4.79 Å². The Morgan fingerprint density at radius 3 is 2.69 bits per heavy atom. The Hall–Kier alpha value is -2.36. The van der Waals surface area contributed by atoms with Crippen LogP contribution in [0.1, 0.15) is 86.0 Å². The van der Waals surface area contributed by atoms with E-state index in [0.717, 1.165) is 25.2 Å². The number of imidazole rings is 1. The van der Waals surface area contributed by atoms with E-state index in [0.29, 0.717) is 29.1 Å². The molecule has 4 heteroatoms. The van der Waals surface area contributed by atoms with Gasteiger partial charge in [-0.2, -0.15) is 0 Å². The van der Waals surface area contributed by atoms with Crippen molar-refractivity contribution in [2.75, 3.05) is 0 Å². The highest BCUT2D eigenvalue weighted by molar-refractivity contribution is 5.70. The fraction of sp³-hybridized carbons (Fsp3) is 0.625. The van der Waals surface area contributed by atoms with Crippen molar-refractivity contribution in [3.8, 4) is 0 Å². The summed E-state index contributed by atoms with van der Waals surface area (Å²) in [6, 6.07) is 0. The molecular weight excluding hydrogens is 444 g/mol. The molecule has 196 valence electrons. The summed E-state index contributed by atoms with van der Waals surface area (Å²) < 4.78 is 7.16. The van der Waals surface area contributed by atoms with Crippen LogP contribution in [0.5, 0.6) is 0 Å². The number of carbonyl (C=O) groups excluding carboxylic acids is 1. The van der Waals surface area contributed by atoms with Gasteiger partial charge >= 0.3 is 6.09 Å². The topological polar surface area (TPSA) is 44.1 Å². The predicted octanol–water partition coefficient (Wildman–Crippen LogP) is 8.53. The summed E-state index contributed by atoms with van der Waals surface area (Å²) >= 11 is 0. The SMILES string of the molecule is C=C1CC[C@H](OC(=O)n2ccnc2)C/C1=C/C=C1\CCC[C@]2(C)[C@@H]([C@H](C)/C=C/[C@H](C)C(C)C)CC[C@@H]12. The normalized spacial score (nSPS) is 32.8. The maximum Gasteiger partial charge on any atom is 0.419 e. The van der Waals surface area contributed by atoms with Crippen molar-refractivity contribution in [3.05, 3.63) is 66.3 Å². The van der Waals surface area contributed by atoms with Crippen LogP contribution in [0.4, 0.5) is 4.79 Å². The zero-order valence-electron chi connectivity index (χ0n) is 23.1. The lowest BCUT2D eigenvalue weighted by Gasteiger charge is -2.44. The summed E-state index contributed by atoms with van der Waals surface area (Å²) in [5, 5.41) is 0. The monoisotopic (exact) mass is 490 g/mol. The van der Waals surface area contributed by atoms with E-state index in [1.165, 1.54) is 54.1 Å². The number of ether oxygens (including phenoxy) is 1. The quantitative estimate of drug-likeness (QED) is 0.375. The van der Waals surface area contributed by atoms with E-state index in [-0.39, 0.29) is 12.2 Å². The first-order chi connectivity index (χ1) is 17.2. The molecule has 4 nitrogen and oxygen atoms in total. The van der Waals surface area contributed by atoms with Crippen molar-refractivity contribution in [3.63, 3.8) is 0 Å². The molecule has 0 saturated heterocycles. The molecule has 0 unspecified atom stereocenters. The maximum absolute atomic E-state index is 12.4. The Labute approximate surface area is 218 Å². The van der Waals surface area contributed by atoms with Crippen LogP contribution in [0.2, 0.25) is 0 Å². The molecule has 3 fully saturated rings. The van der Waals surface area contributed by atoms with Crippen molar-refractivity contribution < 1.29 is 9.53 Å². The minimum absolute atomic E-state index is 0.108. The zero-order valence-corrected chi connectivity index (χ0v) is 23.1. The van der Waals surface area contributed by atoms with E-state index >= 15 is 0 Å². The fourth-order valence-corrected chi connectivity index (χ4v) is 6.90. The van der Waals surface area contributed by atoms with Gasteiger partial charge in [-0.05, 0) is 85.5 Å². The summed E-state index contributed by atoms with van der Waals surface area (Å²) in [5.41, 5.74) is 4.43. The van der Waals surface area contributed by atoms with Crippen molar-refractivity contribution in [2.45, 2.75) is 92.1 Å². The lowest BCUT2D eigenvalue weighted by Crippen LogP contribution is -2.35. The molecule has 3 aliphatic rings. The average molecular weight is 491 g/mol. The molecule has 0 N–H and O–H groups in total. The van der Waals surface area contributed by atoms with Crippen molar-refractivity contribution in [2.24, 2.45) is 35.0 Å². The van der Waals surface area contributed by atoms with Gasteiger partial charge < -0.3 is 4.74 Å². The van der Waals surface area contributed by atoms with Crippen LogP contribution in [0.25, 0.3) is 0 Å². The van der Waals surface area contributed by atoms with Gasteiger partial charge in [-0.3, -0.25) is 0 Å². The zero-order chi connectivity index (χ0) is 25.9. The molecule has 0 bridgehead atoms. The largest absolute Gasteiger partial charge is 0.445 e. The van der Waals surface area contributed by atoms with Gasteiger partial charge in [0.25, 0.3) is 0 Å². The van der Waals surface area contributed by atoms with Gasteiger partial charge in [-0.25, -0.2) is 14.3 Å². The van der Waals surface area contributed by atoms with E-state index in [1.807, 2.05) is 0 Å². The van der Waals surface area contributed by atoms with Gasteiger partial charge in [-0.15, -0.1) is 0 Å². The number of carbonyl (C=O) groups is 1. The highest BCUT2D eigenvalue weighted by Gasteiger charge is 2.50. The second kappa shape index (κ2) is 11.4. The summed E-state index contributed by atoms with van der Waals surface area (Å²) in [7, 11) is 0. The minimum atomic E-state index is -0.353. The number of hydrogen-bond acceptors (Lipinski definition) is 3. The van der Waals surface area contributed by atoms with Gasteiger partial charge in [0.15, 0.2) is 0 Å². The van der Waals surface area contributed by atoms with Crippen LogP contribution in [-0.2, 0) is 4.74 Å². The Morgan fingerprint density at radius 2 is 1.97 bits per heavy atom. The Balaban J connectivity index is 1.44. The molecule has 0 aromatic carbocycles. The van der Waals surface area contributed by atoms with Crippen LogP contribution in [0.3, 0.4) is 0 Å². The van der Waals surface area contributed by atoms with Gasteiger partial charge in [0, 0.05) is 18.8 Å². The van der Waals surface area contributed by atoms with E-state index in [4.69, 9.17) is 4.74 Å². The molecule has 0 spiro atoms. The average Bonchev–Trinajstić information content (AvgIpc) is 3.50. The molecule has 3 saturated carbocycles. The van der Waals surface area contributed by atoms with Gasteiger partial charge in [0.05, 0.1) is 0 Å². The van der Waals surface area contributed by atoms with Crippen molar-refractivity contribution in [1.29, 1.82) is 0 Å². The number of hydrogen-bond donors (Lipinski definition) is 0. The number of allylic oxidation sites excluding steroid dienone is 6. The number of rotatable bonds is 6. The lowest BCUT2D eigenvalue weighted by molar-refractivity contribution is 0.0905. The third-order valence-corrected chi connectivity index (χ3v) is 9.59. The Bertz CT molecular complexity index is 1010. The van der Waals surface area contributed by atoms with Gasteiger partial charge in [-0.1, -0.05) is 76.6 Å². The highest BCUT2D eigenvalue weighted by Crippen LogP contribution is 2.59. The molecule has 0 aliphatic heterocycles. The molecule has 3 aliphatic carbocycles. The van der Waals surface area contributed by atoms with Crippen LogP contribution in [0.15, 0.2) is 66.3 Å². The van der Waals surface area contributed by atoms with E-state index in [2.05, 4.69) is 70.5 Å². The summed E-state index contributed by atoms with van der Waals surface area (Å²) in [4.78, 5) is 16.3. The highest BCUT2D eigenvalue weighted by atomic mass is 16.6. The van der Waals surface area contributed by atoms with Crippen molar-refractivity contribution >= 4 is 6.09 Å². The number of nitrogens with zero attached hydrogens (tertiary/aromatic N) is 2. The smallest absolute Gasteiger partial charge is 0.419 e. The molecule has 4 rings (SSSR count). The first-order valence-corrected chi connectivity index (χ1v) is 14.1. The summed E-state index contributed by atoms with van der Waals surface area (Å²) in [6.45, 7) is 16.3. The first-order valence-electron chi connectivity index (χ1n) is 14.1. The Kier molecular flexibility index (Phi) is 8.42. The molecule has 1 heterocycles. The standard InChI is InChI=1S/C32H46N2O2/c1-22(2)23(3)9-10-25(5)29-15-16-30-26(8-7-17-32(29,30)6)12-13-27-20-28(14-11-24(27)4)36-31(35)34-19-18-33-21-34/h9-10,12-13,18-19,21-23,25,28-30H,4,7-8,11,14-17,20H2,1-3,5-6H3/b10-9+,26-12+,27-13-/t23-,25+,28-,29+,30-,32+/m0/s1. The molecule has 6 atom stereocenters. The van der Waals surface area contributed by atoms with Crippen LogP contribution in [-0.4, -0.2) is 21.7 Å². The summed E-state index contributed by atoms with van der Waals surface area (Å²) in [5.74, 6) is 3.39. The number of fused-ring (bicyclic) bond motifs is 1. The predicted molar refractivity (Wildman–Crippen MR) is 148 cm³/mol. The fourth-order valence-electron chi connectivity index (χ4n) is 6.90. The molecule has 1 aromatic heterocycles. The second-order valence-corrected chi connectivity index (χ2v) is 12.2. The van der Waals surface area contributed by atoms with Gasteiger partial charge in [0.1, 0.15) is 12.4 Å². The van der Waals surface area contributed by atoms with Crippen LogP contribution >= 0.6 is 0 Å². The molecule has 0 amide bonds. The maximum atomic E-state index is 12.4. The third-order valence-electron chi connectivity index (χ3n) is 9.59. The third kappa shape index (κ3) is 5.79. The van der Waals surface area contributed by atoms with E-state index in [1.54, 1.807) is 18.0 Å². The Morgan fingerprint density at radius 1 is 1.17 bits per heavy atom. The van der Waals surface area contributed by atoms with Crippen LogP contribution < -0.4 is 0 Å². The number of aromatic nitrogens is 2. The van der Waals surface area contributed by atoms with E-state index < -0.39 is 0 Å². The van der Waals surface area contributed by atoms with Crippen molar-refractivity contribution in [1.82, 2.24) is 9.55 Å². The van der Waals surface area contributed by atoms with Crippen LogP contribution in [0, 0.1) is 35.0 Å². The molecular formula is C32H46N2O2. The first kappa shape index (κ1) is 26.7. The van der Waals surface area contributed by atoms with Gasteiger partial charge in [0.2, 0.25) is 0 Å². The molecule has 1 aromatic rings. The minimum Gasteiger partial charge on any atom is -0.445 e. The molecule has 36 heavy (non-hydrogen) atoms. The lowest BCUT2D eigenvalue weighted by atomic mass is 9.61. The summed E-state index contributed by atoms with van der Waals surface area (Å²) in [6.07, 6.45) is 22.8.